The summed E-state index contributed by atoms with van der Waals surface area (Å²) in [6.45, 7) is 0.449. The summed E-state index contributed by atoms with van der Waals surface area (Å²) in [4.78, 5) is 16.3. The van der Waals surface area contributed by atoms with Crippen molar-refractivity contribution in [2.75, 3.05) is 0 Å². The van der Waals surface area contributed by atoms with Gasteiger partial charge in [-0.15, -0.1) is 12.4 Å². The van der Waals surface area contributed by atoms with Crippen LogP contribution in [-0.4, -0.2) is 9.55 Å². The first-order valence-corrected chi connectivity index (χ1v) is 10.3. The van der Waals surface area contributed by atoms with Gasteiger partial charge < -0.3 is 9.72 Å². The van der Waals surface area contributed by atoms with Crippen LogP contribution in [0.25, 0.3) is 16.6 Å². The van der Waals surface area contributed by atoms with Crippen molar-refractivity contribution in [3.05, 3.63) is 94.0 Å². The number of nitrogens with one attached hydrogen (secondary N) is 1. The maximum Gasteiger partial charge on any atom is 0.258 e. The average molecular weight is 421 g/mol. The Labute approximate surface area is 181 Å². The van der Waals surface area contributed by atoms with Crippen molar-refractivity contribution < 1.29 is 4.74 Å². The molecular weight excluding hydrogens is 396 g/mol. The Morgan fingerprint density at radius 2 is 1.77 bits per heavy atom. The Morgan fingerprint density at radius 3 is 2.60 bits per heavy atom. The van der Waals surface area contributed by atoms with Gasteiger partial charge in [-0.1, -0.05) is 42.8 Å². The molecule has 2 heterocycles. The van der Waals surface area contributed by atoms with Crippen LogP contribution < -0.4 is 10.3 Å². The number of hydrogen-bond donors (Lipinski definition) is 1. The first-order chi connectivity index (χ1) is 14.3. The van der Waals surface area contributed by atoms with Crippen molar-refractivity contribution in [1.82, 2.24) is 9.55 Å². The summed E-state index contributed by atoms with van der Waals surface area (Å²) >= 11 is 0. The monoisotopic (exact) mass is 420 g/mol. The molecular formula is C25H25ClN2O2. The molecule has 5 rings (SSSR count). The van der Waals surface area contributed by atoms with Gasteiger partial charge in [-0.2, -0.15) is 0 Å². The number of pyridine rings is 1. The number of H-pyrrole nitrogens is 1. The maximum absolute atomic E-state index is 12.7. The zero-order valence-corrected chi connectivity index (χ0v) is 17.6. The number of hydrogen-bond acceptors (Lipinski definition) is 2. The van der Waals surface area contributed by atoms with E-state index in [0.29, 0.717) is 12.4 Å². The van der Waals surface area contributed by atoms with Gasteiger partial charge in [0.05, 0.1) is 5.69 Å². The number of ether oxygens (including phenoxy) is 1. The lowest BCUT2D eigenvalue weighted by atomic mass is 10.1. The molecule has 4 nitrogen and oxygen atoms in total. The van der Waals surface area contributed by atoms with E-state index < -0.39 is 0 Å². The van der Waals surface area contributed by atoms with Gasteiger partial charge in [-0.3, -0.25) is 9.36 Å². The SMILES string of the molecule is Cl.O=c1cc(OCc2ccccc2)ccn1-c1ccc2c3c([nH]c2c1)CCCCC3. The Kier molecular flexibility index (Phi) is 5.96. The van der Waals surface area contributed by atoms with Crippen LogP contribution >= 0.6 is 12.4 Å². The molecule has 30 heavy (non-hydrogen) atoms. The van der Waals surface area contributed by atoms with Crippen LogP contribution in [0.5, 0.6) is 5.75 Å². The predicted octanol–water partition coefficient (Wildman–Crippen LogP) is 5.59. The second-order valence-electron chi connectivity index (χ2n) is 7.72. The lowest BCUT2D eigenvalue weighted by Crippen LogP contribution is -2.16. The second kappa shape index (κ2) is 8.80. The predicted molar refractivity (Wildman–Crippen MR) is 123 cm³/mol. The zero-order valence-electron chi connectivity index (χ0n) is 16.8. The third kappa shape index (κ3) is 4.01. The normalized spacial score (nSPS) is 13.3. The van der Waals surface area contributed by atoms with Gasteiger partial charge in [0.15, 0.2) is 0 Å². The molecule has 0 saturated heterocycles. The highest BCUT2D eigenvalue weighted by molar-refractivity contribution is 5.86. The molecule has 4 aromatic rings. The number of aromatic nitrogens is 2. The minimum Gasteiger partial charge on any atom is -0.489 e. The molecule has 1 aliphatic rings. The number of rotatable bonds is 4. The molecule has 154 valence electrons. The minimum absolute atomic E-state index is 0. The van der Waals surface area contributed by atoms with Crippen molar-refractivity contribution in [2.24, 2.45) is 0 Å². The first kappa shape index (κ1) is 20.3. The molecule has 5 heteroatoms. The van der Waals surface area contributed by atoms with E-state index in [1.807, 2.05) is 42.5 Å². The molecule has 0 aliphatic heterocycles. The second-order valence-corrected chi connectivity index (χ2v) is 7.72. The van der Waals surface area contributed by atoms with Crippen molar-refractivity contribution in [1.29, 1.82) is 0 Å². The van der Waals surface area contributed by atoms with E-state index in [9.17, 15) is 4.79 Å². The smallest absolute Gasteiger partial charge is 0.258 e. The van der Waals surface area contributed by atoms with Crippen LogP contribution in [0, 0.1) is 0 Å². The van der Waals surface area contributed by atoms with Gasteiger partial charge >= 0.3 is 0 Å². The molecule has 1 N–H and O–H groups in total. The summed E-state index contributed by atoms with van der Waals surface area (Å²) in [6.07, 6.45) is 7.85. The first-order valence-electron chi connectivity index (χ1n) is 10.3. The summed E-state index contributed by atoms with van der Waals surface area (Å²) in [7, 11) is 0. The van der Waals surface area contributed by atoms with Crippen molar-refractivity contribution in [3.8, 4) is 11.4 Å². The third-order valence-electron chi connectivity index (χ3n) is 5.75. The van der Waals surface area contributed by atoms with E-state index >= 15 is 0 Å². The number of fused-ring (bicyclic) bond motifs is 3. The molecule has 0 radical (unpaired) electrons. The fraction of sp³-hybridized carbons (Fsp3) is 0.240. The Hall–Kier alpha value is -2.98. The molecule has 0 amide bonds. The standard InChI is InChI=1S/C25H24N2O2.ClH/c28-25-16-20(29-17-18-7-3-1-4-8-18)13-14-27(25)19-11-12-22-21-9-5-2-6-10-23(21)26-24(22)15-19;/h1,3-4,7-8,11-16,26H,2,5-6,9-10,17H2;1H. The summed E-state index contributed by atoms with van der Waals surface area (Å²) in [5, 5.41) is 1.29. The lowest BCUT2D eigenvalue weighted by Gasteiger charge is -2.09. The lowest BCUT2D eigenvalue weighted by molar-refractivity contribution is 0.305. The van der Waals surface area contributed by atoms with E-state index in [1.165, 1.54) is 35.9 Å². The Balaban J connectivity index is 0.00000218. The molecule has 0 bridgehead atoms. The van der Waals surface area contributed by atoms with Crippen LogP contribution in [0.3, 0.4) is 0 Å². The number of nitrogens with zero attached hydrogens (tertiary/aromatic N) is 1. The van der Waals surface area contributed by atoms with Gasteiger partial charge in [0.2, 0.25) is 0 Å². The highest BCUT2D eigenvalue weighted by Gasteiger charge is 2.15. The number of aromatic amines is 1. The largest absolute Gasteiger partial charge is 0.489 e. The third-order valence-corrected chi connectivity index (χ3v) is 5.75. The topological polar surface area (TPSA) is 47.0 Å². The van der Waals surface area contributed by atoms with Crippen LogP contribution in [0.4, 0.5) is 0 Å². The molecule has 2 aromatic heterocycles. The van der Waals surface area contributed by atoms with Gasteiger partial charge in [-0.25, -0.2) is 0 Å². The van der Waals surface area contributed by atoms with Crippen molar-refractivity contribution in [2.45, 2.75) is 38.7 Å². The van der Waals surface area contributed by atoms with Gasteiger partial charge in [-0.05, 0) is 55.0 Å². The van der Waals surface area contributed by atoms with Crippen LogP contribution in [0.2, 0.25) is 0 Å². The van der Waals surface area contributed by atoms with Crippen molar-refractivity contribution in [3.63, 3.8) is 0 Å². The number of aryl methyl sites for hydroxylation is 2. The van der Waals surface area contributed by atoms with Gasteiger partial charge in [0, 0.05) is 28.9 Å². The summed E-state index contributed by atoms with van der Waals surface area (Å²) in [5.41, 5.74) is 5.80. The van der Waals surface area contributed by atoms with Crippen LogP contribution in [0.1, 0.15) is 36.1 Å². The highest BCUT2D eigenvalue weighted by Crippen LogP contribution is 2.29. The Morgan fingerprint density at radius 1 is 0.933 bits per heavy atom. The molecule has 0 atom stereocenters. The van der Waals surface area contributed by atoms with E-state index in [0.717, 1.165) is 29.6 Å². The molecule has 0 saturated carbocycles. The van der Waals surface area contributed by atoms with E-state index in [1.54, 1.807) is 16.8 Å². The number of benzene rings is 2. The van der Waals surface area contributed by atoms with Crippen molar-refractivity contribution >= 4 is 23.3 Å². The molecule has 0 unspecified atom stereocenters. The minimum atomic E-state index is -0.0944. The summed E-state index contributed by atoms with van der Waals surface area (Å²) < 4.78 is 7.45. The molecule has 2 aromatic carbocycles. The van der Waals surface area contributed by atoms with E-state index in [2.05, 4.69) is 17.1 Å². The molecule has 1 aliphatic carbocycles. The zero-order chi connectivity index (χ0) is 19.6. The summed E-state index contributed by atoms with van der Waals surface area (Å²) in [6, 6.07) is 19.6. The Bertz CT molecular complexity index is 1210. The van der Waals surface area contributed by atoms with Crippen LogP contribution in [0.15, 0.2) is 71.7 Å². The quantitative estimate of drug-likeness (QED) is 0.437. The number of halogens is 1. The molecule has 0 spiro atoms. The molecule has 0 fully saturated rings. The fourth-order valence-corrected chi connectivity index (χ4v) is 4.23. The van der Waals surface area contributed by atoms with E-state index in [4.69, 9.17) is 4.74 Å². The van der Waals surface area contributed by atoms with E-state index in [-0.39, 0.29) is 18.0 Å². The highest BCUT2D eigenvalue weighted by atomic mass is 35.5. The van der Waals surface area contributed by atoms with Gasteiger partial charge in [0.25, 0.3) is 5.56 Å². The fourth-order valence-electron chi connectivity index (χ4n) is 4.23. The summed E-state index contributed by atoms with van der Waals surface area (Å²) in [5.74, 6) is 0.586. The average Bonchev–Trinajstić information content (AvgIpc) is 2.92. The maximum atomic E-state index is 12.7. The van der Waals surface area contributed by atoms with Crippen LogP contribution in [-0.2, 0) is 19.4 Å². The van der Waals surface area contributed by atoms with Gasteiger partial charge in [0.1, 0.15) is 12.4 Å².